The minimum Gasteiger partial charge on any atom is -0.498 e. The van der Waals surface area contributed by atoms with Crippen LogP contribution in [0.4, 0.5) is 0 Å². The number of methoxy groups -OCH3 is 1. The van der Waals surface area contributed by atoms with Gasteiger partial charge in [0.05, 0.1) is 7.11 Å². The molecule has 7 aromatic carbocycles. The standard InChI is InChI=1S/C35H42Si.C23H27O.Zr/c1-22-21-29-30(23-13-17-25(18-14-23)34(2,3)4)27-11-10-12-28(27)31(32(29)33(22)36(8)9)24-15-19-26(20-16-24)35(5,6)7;1-14-8-9-18(16(3)10-14)21-19-12-15(2)11-17(19)13-20(22(21)24-7)23(4,5)6;/h13-21H,10-12H2,1-9H3;8-13H,1-7H3;/q2*-1;+2. The van der Waals surface area contributed by atoms with Gasteiger partial charge in [0.15, 0.2) is 0 Å². The Morgan fingerprint density at radius 2 is 1.15 bits per heavy atom. The molecule has 0 amide bonds. The Labute approximate surface area is 389 Å². The number of hydrogen-bond acceptors (Lipinski definition) is 1. The van der Waals surface area contributed by atoms with Crippen molar-refractivity contribution < 1.29 is 30.9 Å². The molecule has 0 fully saturated rings. The monoisotopic (exact) mass is 899 g/mol. The predicted octanol–water partition coefficient (Wildman–Crippen LogP) is 15.7. The molecule has 315 valence electrons. The second kappa shape index (κ2) is 17.4. The maximum atomic E-state index is 5.96. The van der Waals surface area contributed by atoms with E-state index in [1.54, 1.807) is 28.8 Å². The fourth-order valence-corrected chi connectivity index (χ4v) is 11.6. The van der Waals surface area contributed by atoms with E-state index in [1.165, 1.54) is 108 Å². The van der Waals surface area contributed by atoms with Crippen LogP contribution in [0.1, 0.15) is 119 Å². The van der Waals surface area contributed by atoms with Crippen LogP contribution in [-0.4, -0.2) is 15.9 Å². The van der Waals surface area contributed by atoms with Gasteiger partial charge in [-0.3, -0.25) is 0 Å². The van der Waals surface area contributed by atoms with Gasteiger partial charge < -0.3 is 4.74 Å². The number of aryl methyl sites for hydroxylation is 4. The molecule has 0 saturated heterocycles. The molecule has 1 aliphatic rings. The van der Waals surface area contributed by atoms with Gasteiger partial charge in [0, 0.05) is 8.80 Å². The smallest absolute Gasteiger partial charge is 0.498 e. The molecule has 1 nitrogen and oxygen atoms in total. The first-order valence-electron chi connectivity index (χ1n) is 22.3. The van der Waals surface area contributed by atoms with Gasteiger partial charge >= 0.3 is 26.2 Å². The molecule has 0 spiro atoms. The minimum absolute atomic E-state index is 0. The Bertz CT molecular complexity index is 2690. The SMILES string of the molecule is COc1c(C(C)(C)C)cc2[cH-]c(C)cc2c1-c1ccc(C)cc1C.Cc1cc2c(-c3ccc(C(C)(C)C)cc3)c3c(c(-c4ccc(C(C)(C)C)cc4)c2[c-]1[Si](C)C)CCC3.[Zr+2]. The summed E-state index contributed by atoms with van der Waals surface area (Å²) in [6.07, 6.45) is 3.63. The maximum Gasteiger partial charge on any atom is 2.00 e. The third-order valence-electron chi connectivity index (χ3n) is 13.0. The summed E-state index contributed by atoms with van der Waals surface area (Å²) in [7, 11) is 1.17. The molecule has 0 aliphatic heterocycles. The zero-order valence-corrected chi connectivity index (χ0v) is 43.6. The van der Waals surface area contributed by atoms with Crippen LogP contribution in [0.3, 0.4) is 0 Å². The van der Waals surface area contributed by atoms with Crippen molar-refractivity contribution >= 4 is 35.5 Å². The van der Waals surface area contributed by atoms with Crippen molar-refractivity contribution in [2.75, 3.05) is 7.11 Å². The van der Waals surface area contributed by atoms with Gasteiger partial charge in [-0.2, -0.15) is 12.1 Å². The van der Waals surface area contributed by atoms with Crippen molar-refractivity contribution in [3.63, 3.8) is 0 Å². The van der Waals surface area contributed by atoms with Crippen LogP contribution < -0.4 is 9.92 Å². The second-order valence-electron chi connectivity index (χ2n) is 21.1. The largest absolute Gasteiger partial charge is 2.00 e. The van der Waals surface area contributed by atoms with Crippen molar-refractivity contribution in [1.82, 2.24) is 0 Å². The van der Waals surface area contributed by atoms with E-state index >= 15 is 0 Å². The summed E-state index contributed by atoms with van der Waals surface area (Å²) in [5.74, 6) is 1.01. The first kappa shape index (κ1) is 46.7. The Hall–Kier alpha value is -3.78. The number of benzene rings is 5. The van der Waals surface area contributed by atoms with Gasteiger partial charge in [-0.1, -0.05) is 189 Å². The number of rotatable bonds is 5. The molecule has 1 radical (unpaired) electrons. The molecule has 0 bridgehead atoms. The van der Waals surface area contributed by atoms with Gasteiger partial charge in [-0.25, -0.2) is 0 Å². The Morgan fingerprint density at radius 3 is 1.64 bits per heavy atom. The molecule has 3 heteroatoms. The average molecular weight is 901 g/mol. The molecule has 0 N–H and O–H groups in total. The molecule has 8 rings (SSSR count). The summed E-state index contributed by atoms with van der Waals surface area (Å²) in [6, 6.07) is 35.0. The summed E-state index contributed by atoms with van der Waals surface area (Å²) in [5.41, 5.74) is 21.3. The zero-order chi connectivity index (χ0) is 43.6. The summed E-state index contributed by atoms with van der Waals surface area (Å²) in [5, 5.41) is 7.24. The van der Waals surface area contributed by atoms with Crippen LogP contribution in [0.2, 0.25) is 13.1 Å². The molecule has 61 heavy (non-hydrogen) atoms. The maximum absolute atomic E-state index is 5.96. The molecule has 7 aromatic rings. The van der Waals surface area contributed by atoms with Gasteiger partial charge in [0.25, 0.3) is 0 Å². The summed E-state index contributed by atoms with van der Waals surface area (Å²) < 4.78 is 5.96. The first-order valence-corrected chi connectivity index (χ1v) is 24.8. The molecule has 0 atom stereocenters. The Kier molecular flexibility index (Phi) is 13.3. The van der Waals surface area contributed by atoms with Crippen LogP contribution in [0, 0.1) is 27.7 Å². The van der Waals surface area contributed by atoms with Gasteiger partial charge in [0.2, 0.25) is 0 Å². The fourth-order valence-electron chi connectivity index (χ4n) is 9.95. The second-order valence-corrected chi connectivity index (χ2v) is 23.6. The zero-order valence-electron chi connectivity index (χ0n) is 40.2. The predicted molar refractivity (Wildman–Crippen MR) is 266 cm³/mol. The molecule has 0 saturated carbocycles. The average Bonchev–Trinajstić information content (AvgIpc) is 3.88. The van der Waals surface area contributed by atoms with Crippen LogP contribution in [0.15, 0.2) is 91.0 Å². The third kappa shape index (κ3) is 9.04. The number of ether oxygens (including phenoxy) is 1. The first-order chi connectivity index (χ1) is 28.1. The van der Waals surface area contributed by atoms with Gasteiger partial charge in [0.1, 0.15) is 5.75 Å². The Balaban J connectivity index is 0.000000217. The van der Waals surface area contributed by atoms with E-state index in [9.17, 15) is 0 Å². The van der Waals surface area contributed by atoms with E-state index in [2.05, 4.69) is 194 Å². The quantitative estimate of drug-likeness (QED) is 0.124. The molecular weight excluding hydrogens is 832 g/mol. The summed E-state index contributed by atoms with van der Waals surface area (Å²) >= 11 is 0. The molecular formula is C58H69OSiZr. The number of fused-ring (bicyclic) bond motifs is 3. The summed E-state index contributed by atoms with van der Waals surface area (Å²) in [6.45, 7) is 34.3. The van der Waals surface area contributed by atoms with Gasteiger partial charge in [-0.05, 0) is 88.3 Å². The normalized spacial score (nSPS) is 13.1. The summed E-state index contributed by atoms with van der Waals surface area (Å²) in [4.78, 5) is 0. The Morgan fingerprint density at radius 1 is 0.607 bits per heavy atom. The van der Waals surface area contributed by atoms with E-state index in [-0.39, 0.29) is 42.4 Å². The molecule has 0 heterocycles. The van der Waals surface area contributed by atoms with E-state index < -0.39 is 8.80 Å². The van der Waals surface area contributed by atoms with Crippen LogP contribution in [0.5, 0.6) is 5.75 Å². The third-order valence-corrected chi connectivity index (χ3v) is 14.6. The van der Waals surface area contributed by atoms with Crippen molar-refractivity contribution in [3.05, 3.63) is 141 Å². The van der Waals surface area contributed by atoms with E-state index in [1.807, 2.05) is 0 Å². The number of hydrogen-bond donors (Lipinski definition) is 0. The van der Waals surface area contributed by atoms with Crippen molar-refractivity contribution in [2.45, 2.75) is 139 Å². The van der Waals surface area contributed by atoms with E-state index in [4.69, 9.17) is 4.74 Å². The minimum atomic E-state index is -0.625. The van der Waals surface area contributed by atoms with Crippen LogP contribution in [0.25, 0.3) is 54.9 Å². The van der Waals surface area contributed by atoms with Gasteiger partial charge in [-0.15, -0.1) is 50.0 Å². The molecule has 1 aliphatic carbocycles. The van der Waals surface area contributed by atoms with E-state index in [0.717, 1.165) is 5.75 Å². The van der Waals surface area contributed by atoms with Crippen LogP contribution >= 0.6 is 0 Å². The van der Waals surface area contributed by atoms with E-state index in [0.29, 0.717) is 0 Å². The fraction of sp³-hybridized carbons (Fsp3) is 0.379. The molecule has 0 unspecified atom stereocenters. The van der Waals surface area contributed by atoms with Crippen molar-refractivity contribution in [2.24, 2.45) is 0 Å². The topological polar surface area (TPSA) is 9.23 Å². The molecule has 0 aromatic heterocycles. The van der Waals surface area contributed by atoms with Crippen LogP contribution in [-0.2, 0) is 55.3 Å². The van der Waals surface area contributed by atoms with Crippen molar-refractivity contribution in [1.29, 1.82) is 0 Å². The van der Waals surface area contributed by atoms with Crippen molar-refractivity contribution in [3.8, 4) is 39.1 Å².